The van der Waals surface area contributed by atoms with Gasteiger partial charge in [0, 0.05) is 6.04 Å². The number of carboxylic acids is 1. The van der Waals surface area contributed by atoms with Crippen LogP contribution in [0.4, 0.5) is 5.69 Å². The molecule has 0 bridgehead atoms. The van der Waals surface area contributed by atoms with Gasteiger partial charge in [-0.25, -0.2) is 4.79 Å². The number of carbonyl (C=O) groups is 1. The van der Waals surface area contributed by atoms with Crippen LogP contribution in [0.2, 0.25) is 5.02 Å². The predicted molar refractivity (Wildman–Crippen MR) is 66.4 cm³/mol. The van der Waals surface area contributed by atoms with E-state index in [4.69, 9.17) is 16.7 Å². The van der Waals surface area contributed by atoms with E-state index in [0.717, 1.165) is 12.8 Å². The lowest BCUT2D eigenvalue weighted by molar-refractivity contribution is 0.0698. The molecule has 0 aromatic heterocycles. The Morgan fingerprint density at radius 2 is 2.06 bits per heavy atom. The molecule has 0 fully saturated rings. The van der Waals surface area contributed by atoms with Gasteiger partial charge in [0.25, 0.3) is 0 Å². The van der Waals surface area contributed by atoms with Gasteiger partial charge in [-0.1, -0.05) is 31.5 Å². The molecule has 16 heavy (non-hydrogen) atoms. The number of rotatable bonds is 5. The molecule has 0 aliphatic rings. The van der Waals surface area contributed by atoms with E-state index >= 15 is 0 Å². The SMILES string of the molecule is CCC(CC)Nc1cccc(Cl)c1C(=O)O. The van der Waals surface area contributed by atoms with Crippen LogP contribution in [0.3, 0.4) is 0 Å². The van der Waals surface area contributed by atoms with Gasteiger partial charge in [-0.05, 0) is 25.0 Å². The van der Waals surface area contributed by atoms with E-state index in [1.807, 2.05) is 0 Å². The van der Waals surface area contributed by atoms with Crippen LogP contribution in [-0.2, 0) is 0 Å². The quantitative estimate of drug-likeness (QED) is 0.828. The van der Waals surface area contributed by atoms with Crippen molar-refractivity contribution in [3.05, 3.63) is 28.8 Å². The topological polar surface area (TPSA) is 49.3 Å². The van der Waals surface area contributed by atoms with Gasteiger partial charge in [-0.15, -0.1) is 0 Å². The smallest absolute Gasteiger partial charge is 0.339 e. The molecule has 1 aromatic rings. The maximum atomic E-state index is 11.1. The molecule has 0 radical (unpaired) electrons. The maximum Gasteiger partial charge on any atom is 0.339 e. The molecule has 88 valence electrons. The van der Waals surface area contributed by atoms with Crippen LogP contribution in [0.15, 0.2) is 18.2 Å². The lowest BCUT2D eigenvalue weighted by atomic mass is 10.1. The Hall–Kier alpha value is -1.22. The number of carboxylic acid groups (broad SMARTS) is 1. The molecule has 1 aromatic carbocycles. The van der Waals surface area contributed by atoms with E-state index < -0.39 is 5.97 Å². The van der Waals surface area contributed by atoms with Crippen molar-refractivity contribution in [2.75, 3.05) is 5.32 Å². The molecule has 1 rings (SSSR count). The molecule has 0 unspecified atom stereocenters. The molecule has 0 atom stereocenters. The van der Waals surface area contributed by atoms with Crippen molar-refractivity contribution < 1.29 is 9.90 Å². The molecule has 3 nitrogen and oxygen atoms in total. The summed E-state index contributed by atoms with van der Waals surface area (Å²) in [5, 5.41) is 12.6. The summed E-state index contributed by atoms with van der Waals surface area (Å²) in [7, 11) is 0. The van der Waals surface area contributed by atoms with Crippen molar-refractivity contribution in [2.24, 2.45) is 0 Å². The molecule has 0 saturated carbocycles. The van der Waals surface area contributed by atoms with Crippen molar-refractivity contribution in [3.8, 4) is 0 Å². The summed E-state index contributed by atoms with van der Waals surface area (Å²) in [6.07, 6.45) is 1.89. The standard InChI is InChI=1S/C12H16ClNO2/c1-3-8(4-2)14-10-7-5-6-9(13)11(10)12(15)16/h5-8,14H,3-4H2,1-2H3,(H,15,16). The zero-order chi connectivity index (χ0) is 12.1. The largest absolute Gasteiger partial charge is 0.478 e. The number of hydrogen-bond donors (Lipinski definition) is 2. The van der Waals surface area contributed by atoms with Crippen LogP contribution in [0.25, 0.3) is 0 Å². The number of benzene rings is 1. The van der Waals surface area contributed by atoms with Crippen molar-refractivity contribution in [1.29, 1.82) is 0 Å². The van der Waals surface area contributed by atoms with Gasteiger partial charge in [0.05, 0.1) is 10.7 Å². The highest BCUT2D eigenvalue weighted by Gasteiger charge is 2.15. The number of anilines is 1. The van der Waals surface area contributed by atoms with Crippen LogP contribution in [0, 0.1) is 0 Å². The summed E-state index contributed by atoms with van der Waals surface area (Å²) in [6.45, 7) is 4.12. The minimum absolute atomic E-state index is 0.149. The highest BCUT2D eigenvalue weighted by Crippen LogP contribution is 2.25. The minimum atomic E-state index is -1.00. The Bertz CT molecular complexity index is 375. The lowest BCUT2D eigenvalue weighted by Gasteiger charge is -2.18. The summed E-state index contributed by atoms with van der Waals surface area (Å²) in [5.74, 6) is -1.00. The monoisotopic (exact) mass is 241 g/mol. The lowest BCUT2D eigenvalue weighted by Crippen LogP contribution is -2.19. The van der Waals surface area contributed by atoms with Gasteiger partial charge in [0.1, 0.15) is 5.56 Å². The van der Waals surface area contributed by atoms with E-state index in [1.165, 1.54) is 0 Å². The Kier molecular flexibility index (Phi) is 4.62. The van der Waals surface area contributed by atoms with E-state index in [2.05, 4.69) is 19.2 Å². The summed E-state index contributed by atoms with van der Waals surface area (Å²) >= 11 is 5.87. The van der Waals surface area contributed by atoms with Gasteiger partial charge < -0.3 is 10.4 Å². The molecule has 0 spiro atoms. The Balaban J connectivity index is 3.03. The third-order valence-corrected chi connectivity index (χ3v) is 2.89. The number of aromatic carboxylic acids is 1. The predicted octanol–water partition coefficient (Wildman–Crippen LogP) is 3.64. The summed E-state index contributed by atoms with van der Waals surface area (Å²) < 4.78 is 0. The highest BCUT2D eigenvalue weighted by atomic mass is 35.5. The molecule has 0 amide bonds. The molecular formula is C12H16ClNO2. The fourth-order valence-electron chi connectivity index (χ4n) is 1.57. The second kappa shape index (κ2) is 5.75. The van der Waals surface area contributed by atoms with Crippen LogP contribution < -0.4 is 5.32 Å². The molecular weight excluding hydrogens is 226 g/mol. The third-order valence-electron chi connectivity index (χ3n) is 2.57. The first-order chi connectivity index (χ1) is 7.60. The average Bonchev–Trinajstić information content (AvgIpc) is 2.25. The van der Waals surface area contributed by atoms with Crippen molar-refractivity contribution in [2.45, 2.75) is 32.7 Å². The second-order valence-electron chi connectivity index (χ2n) is 3.63. The Labute approximate surface area is 100 Å². The highest BCUT2D eigenvalue weighted by molar-refractivity contribution is 6.34. The number of nitrogens with one attached hydrogen (secondary N) is 1. The average molecular weight is 242 g/mol. The summed E-state index contributed by atoms with van der Waals surface area (Å²) in [5.41, 5.74) is 0.741. The van der Waals surface area contributed by atoms with Gasteiger partial charge >= 0.3 is 5.97 Å². The fraction of sp³-hybridized carbons (Fsp3) is 0.417. The van der Waals surface area contributed by atoms with E-state index in [0.29, 0.717) is 5.69 Å². The maximum absolute atomic E-state index is 11.1. The Morgan fingerprint density at radius 3 is 2.56 bits per heavy atom. The van der Waals surface area contributed by atoms with Gasteiger partial charge in [0.2, 0.25) is 0 Å². The molecule has 0 aliphatic carbocycles. The van der Waals surface area contributed by atoms with Crippen LogP contribution in [-0.4, -0.2) is 17.1 Å². The number of halogens is 1. The third kappa shape index (κ3) is 2.89. The van der Waals surface area contributed by atoms with Crippen molar-refractivity contribution >= 4 is 23.3 Å². The van der Waals surface area contributed by atoms with Crippen LogP contribution >= 0.6 is 11.6 Å². The Morgan fingerprint density at radius 1 is 1.44 bits per heavy atom. The van der Waals surface area contributed by atoms with Crippen molar-refractivity contribution in [1.82, 2.24) is 0 Å². The zero-order valence-electron chi connectivity index (χ0n) is 9.46. The van der Waals surface area contributed by atoms with Gasteiger partial charge in [-0.2, -0.15) is 0 Å². The van der Waals surface area contributed by atoms with Crippen LogP contribution in [0.1, 0.15) is 37.0 Å². The fourth-order valence-corrected chi connectivity index (χ4v) is 1.83. The number of hydrogen-bond acceptors (Lipinski definition) is 2. The van der Waals surface area contributed by atoms with Gasteiger partial charge in [0.15, 0.2) is 0 Å². The van der Waals surface area contributed by atoms with Crippen LogP contribution in [0.5, 0.6) is 0 Å². The second-order valence-corrected chi connectivity index (χ2v) is 4.03. The zero-order valence-corrected chi connectivity index (χ0v) is 10.2. The summed E-state index contributed by atoms with van der Waals surface area (Å²) in [4.78, 5) is 11.1. The molecule has 2 N–H and O–H groups in total. The summed E-state index contributed by atoms with van der Waals surface area (Å²) in [6, 6.07) is 5.35. The molecule has 0 heterocycles. The first kappa shape index (κ1) is 12.8. The first-order valence-electron chi connectivity index (χ1n) is 5.38. The molecule has 0 saturated heterocycles. The van der Waals surface area contributed by atoms with Crippen molar-refractivity contribution in [3.63, 3.8) is 0 Å². The van der Waals surface area contributed by atoms with E-state index in [1.54, 1.807) is 18.2 Å². The van der Waals surface area contributed by atoms with E-state index in [-0.39, 0.29) is 16.6 Å². The van der Waals surface area contributed by atoms with E-state index in [9.17, 15) is 4.79 Å². The molecule has 0 aliphatic heterocycles. The van der Waals surface area contributed by atoms with Gasteiger partial charge in [-0.3, -0.25) is 0 Å². The molecule has 4 heteroatoms. The minimum Gasteiger partial charge on any atom is -0.478 e. The normalized spacial score (nSPS) is 10.5. The first-order valence-corrected chi connectivity index (χ1v) is 5.76.